The minimum absolute atomic E-state index is 0. The molecule has 1 aliphatic rings. The summed E-state index contributed by atoms with van der Waals surface area (Å²) in [5.41, 5.74) is 0.859. The van der Waals surface area contributed by atoms with E-state index in [0.717, 1.165) is 25.2 Å². The third-order valence-corrected chi connectivity index (χ3v) is 4.26. The summed E-state index contributed by atoms with van der Waals surface area (Å²) in [6.07, 6.45) is 1.19. The first-order valence-corrected chi connectivity index (χ1v) is 7.89. The van der Waals surface area contributed by atoms with Crippen LogP contribution in [0.4, 0.5) is 0 Å². The van der Waals surface area contributed by atoms with Crippen LogP contribution in [0.5, 0.6) is 0 Å². The summed E-state index contributed by atoms with van der Waals surface area (Å²) in [6, 6.07) is 7.41. The van der Waals surface area contributed by atoms with Gasteiger partial charge in [-0.25, -0.2) is 0 Å². The highest BCUT2D eigenvalue weighted by atomic mass is 35.5. The monoisotopic (exact) mass is 360 g/mol. The Morgan fingerprint density at radius 2 is 1.78 bits per heavy atom. The first-order valence-electron chi connectivity index (χ1n) is 7.51. The second-order valence-electron chi connectivity index (χ2n) is 5.49. The molecule has 0 atom stereocenters. The van der Waals surface area contributed by atoms with E-state index in [-0.39, 0.29) is 24.7 Å². The van der Waals surface area contributed by atoms with Gasteiger partial charge in [-0.1, -0.05) is 29.8 Å². The van der Waals surface area contributed by atoms with Crippen LogP contribution in [0.15, 0.2) is 24.3 Å². The topological polar surface area (TPSA) is 60.9 Å². The zero-order valence-electron chi connectivity index (χ0n) is 12.9. The zero-order valence-corrected chi connectivity index (χ0v) is 14.5. The van der Waals surface area contributed by atoms with Gasteiger partial charge in [-0.3, -0.25) is 14.5 Å². The normalized spacial score (nSPS) is 15.1. The molecular formula is C16H22Cl2N2O3. The molecule has 5 nitrogen and oxygen atoms in total. The van der Waals surface area contributed by atoms with Crippen LogP contribution in [0.3, 0.4) is 0 Å². The fourth-order valence-electron chi connectivity index (χ4n) is 2.59. The maximum atomic E-state index is 12.3. The fraction of sp³-hybridized carbons (Fsp3) is 0.500. The summed E-state index contributed by atoms with van der Waals surface area (Å²) in [4.78, 5) is 26.9. The molecule has 1 amide bonds. The molecule has 1 N–H and O–H groups in total. The van der Waals surface area contributed by atoms with Gasteiger partial charge in [0.05, 0.1) is 6.42 Å². The maximum absolute atomic E-state index is 12.3. The van der Waals surface area contributed by atoms with Crippen molar-refractivity contribution in [2.45, 2.75) is 19.3 Å². The minimum atomic E-state index is -0.756. The lowest BCUT2D eigenvalue weighted by molar-refractivity contribution is -0.137. The van der Waals surface area contributed by atoms with E-state index >= 15 is 0 Å². The Morgan fingerprint density at radius 3 is 2.39 bits per heavy atom. The average molecular weight is 361 g/mol. The number of carbonyl (C=O) groups excluding carboxylic acids is 1. The SMILES string of the molecule is Cl.O=C(O)CCCN1CCN(C(=O)Cc2ccccc2Cl)CC1. The number of piperazine rings is 1. The van der Waals surface area contributed by atoms with Gasteiger partial charge in [0.2, 0.25) is 5.91 Å². The van der Waals surface area contributed by atoms with Gasteiger partial charge in [-0.15, -0.1) is 12.4 Å². The summed E-state index contributed by atoms with van der Waals surface area (Å²) in [7, 11) is 0. The highest BCUT2D eigenvalue weighted by Crippen LogP contribution is 2.16. The van der Waals surface area contributed by atoms with E-state index in [1.807, 2.05) is 23.1 Å². The Labute approximate surface area is 147 Å². The second-order valence-corrected chi connectivity index (χ2v) is 5.90. The Kier molecular flexibility index (Phi) is 8.37. The van der Waals surface area contributed by atoms with E-state index in [1.165, 1.54) is 0 Å². The van der Waals surface area contributed by atoms with Crippen LogP contribution in [-0.2, 0) is 16.0 Å². The number of rotatable bonds is 6. The lowest BCUT2D eigenvalue weighted by Crippen LogP contribution is -2.49. The Morgan fingerprint density at radius 1 is 1.13 bits per heavy atom. The van der Waals surface area contributed by atoms with Crippen molar-refractivity contribution in [2.75, 3.05) is 32.7 Å². The quantitative estimate of drug-likeness (QED) is 0.845. The molecule has 1 aliphatic heterocycles. The van der Waals surface area contributed by atoms with Crippen LogP contribution < -0.4 is 0 Å². The van der Waals surface area contributed by atoms with E-state index in [1.54, 1.807) is 6.07 Å². The van der Waals surface area contributed by atoms with E-state index in [9.17, 15) is 9.59 Å². The van der Waals surface area contributed by atoms with Crippen LogP contribution in [0, 0.1) is 0 Å². The molecule has 2 rings (SSSR count). The van der Waals surface area contributed by atoms with Gasteiger partial charge in [-0.05, 0) is 24.6 Å². The van der Waals surface area contributed by atoms with Crippen LogP contribution in [0.2, 0.25) is 5.02 Å². The van der Waals surface area contributed by atoms with Crippen LogP contribution >= 0.6 is 24.0 Å². The molecule has 0 saturated carbocycles. The van der Waals surface area contributed by atoms with Crippen molar-refractivity contribution in [1.82, 2.24) is 9.80 Å². The fourth-order valence-corrected chi connectivity index (χ4v) is 2.79. The molecule has 128 valence electrons. The van der Waals surface area contributed by atoms with Crippen molar-refractivity contribution in [3.05, 3.63) is 34.9 Å². The first kappa shape index (κ1) is 19.7. The van der Waals surface area contributed by atoms with Crippen molar-refractivity contribution in [3.8, 4) is 0 Å². The molecule has 0 unspecified atom stereocenters. The Bertz CT molecular complexity index is 532. The molecule has 1 fully saturated rings. The Hall–Kier alpha value is -1.30. The number of amides is 1. The van der Waals surface area contributed by atoms with Gasteiger partial charge >= 0.3 is 5.97 Å². The van der Waals surface area contributed by atoms with Gasteiger partial charge in [0.15, 0.2) is 0 Å². The van der Waals surface area contributed by atoms with E-state index in [2.05, 4.69) is 4.90 Å². The number of nitrogens with zero attached hydrogens (tertiary/aromatic N) is 2. The summed E-state index contributed by atoms with van der Waals surface area (Å²) in [5, 5.41) is 9.27. The smallest absolute Gasteiger partial charge is 0.303 e. The zero-order chi connectivity index (χ0) is 15.9. The van der Waals surface area contributed by atoms with E-state index in [4.69, 9.17) is 16.7 Å². The molecule has 1 heterocycles. The summed E-state index contributed by atoms with van der Waals surface area (Å²) < 4.78 is 0. The molecule has 0 radical (unpaired) electrons. The van der Waals surface area contributed by atoms with Crippen LogP contribution in [0.1, 0.15) is 18.4 Å². The van der Waals surface area contributed by atoms with E-state index < -0.39 is 5.97 Å². The number of carboxylic acids is 1. The van der Waals surface area contributed by atoms with Crippen molar-refractivity contribution in [3.63, 3.8) is 0 Å². The number of halogens is 2. The van der Waals surface area contributed by atoms with Crippen molar-refractivity contribution in [2.24, 2.45) is 0 Å². The summed E-state index contributed by atoms with van der Waals surface area (Å²) >= 11 is 6.09. The molecule has 23 heavy (non-hydrogen) atoms. The molecule has 0 aliphatic carbocycles. The standard InChI is InChI=1S/C16H21ClN2O3.ClH/c17-14-5-2-1-4-13(14)12-15(20)19-10-8-18(9-11-19)7-3-6-16(21)22;/h1-2,4-5H,3,6-12H2,(H,21,22);1H. The summed E-state index contributed by atoms with van der Waals surface area (Å²) in [6.45, 7) is 3.76. The largest absolute Gasteiger partial charge is 0.481 e. The van der Waals surface area contributed by atoms with Gasteiger partial charge in [0, 0.05) is 37.6 Å². The second kappa shape index (κ2) is 9.75. The number of hydrogen-bond acceptors (Lipinski definition) is 3. The van der Waals surface area contributed by atoms with Crippen molar-refractivity contribution < 1.29 is 14.7 Å². The molecule has 7 heteroatoms. The van der Waals surface area contributed by atoms with Crippen LogP contribution in [-0.4, -0.2) is 59.5 Å². The predicted octanol–water partition coefficient (Wildman–Crippen LogP) is 2.31. The minimum Gasteiger partial charge on any atom is -0.481 e. The molecule has 0 aromatic heterocycles. The molecular weight excluding hydrogens is 339 g/mol. The third kappa shape index (κ3) is 6.37. The third-order valence-electron chi connectivity index (χ3n) is 3.89. The Balaban J connectivity index is 0.00000264. The molecule has 0 bridgehead atoms. The number of hydrogen-bond donors (Lipinski definition) is 1. The molecule has 1 aromatic carbocycles. The molecule has 1 aromatic rings. The lowest BCUT2D eigenvalue weighted by atomic mass is 10.1. The number of carbonyl (C=O) groups is 2. The highest BCUT2D eigenvalue weighted by Gasteiger charge is 2.21. The molecule has 1 saturated heterocycles. The molecule has 0 spiro atoms. The van der Waals surface area contributed by atoms with Gasteiger partial charge in [0.25, 0.3) is 0 Å². The predicted molar refractivity (Wildman–Crippen MR) is 92.3 cm³/mol. The lowest BCUT2D eigenvalue weighted by Gasteiger charge is -2.34. The average Bonchev–Trinajstić information content (AvgIpc) is 2.50. The van der Waals surface area contributed by atoms with E-state index in [0.29, 0.717) is 31.0 Å². The maximum Gasteiger partial charge on any atom is 0.303 e. The van der Waals surface area contributed by atoms with Gasteiger partial charge in [-0.2, -0.15) is 0 Å². The van der Waals surface area contributed by atoms with Crippen molar-refractivity contribution >= 4 is 35.9 Å². The van der Waals surface area contributed by atoms with Gasteiger partial charge < -0.3 is 10.0 Å². The van der Waals surface area contributed by atoms with Crippen LogP contribution in [0.25, 0.3) is 0 Å². The number of benzene rings is 1. The summed E-state index contributed by atoms with van der Waals surface area (Å²) in [5.74, 6) is -0.660. The number of aliphatic carboxylic acids is 1. The highest BCUT2D eigenvalue weighted by molar-refractivity contribution is 6.31. The van der Waals surface area contributed by atoms with Crippen molar-refractivity contribution in [1.29, 1.82) is 0 Å². The number of carboxylic acid groups (broad SMARTS) is 1. The first-order chi connectivity index (χ1) is 10.6. The van der Waals surface area contributed by atoms with Gasteiger partial charge in [0.1, 0.15) is 0 Å².